The first kappa shape index (κ1) is 20.8. The quantitative estimate of drug-likeness (QED) is 0.551. The minimum Gasteiger partial charge on any atom is -0.368 e. The smallest absolute Gasteiger partial charge is 0.264 e. The van der Waals surface area contributed by atoms with E-state index in [2.05, 4.69) is 14.8 Å². The zero-order valence-corrected chi connectivity index (χ0v) is 18.5. The molecule has 1 aromatic heterocycles. The fourth-order valence-corrected chi connectivity index (χ4v) is 5.15. The van der Waals surface area contributed by atoms with Crippen molar-refractivity contribution in [1.82, 2.24) is 14.8 Å². The van der Waals surface area contributed by atoms with Crippen molar-refractivity contribution in [2.75, 3.05) is 31.1 Å². The lowest BCUT2D eigenvalue weighted by molar-refractivity contribution is 0.0595. The molecule has 5 rings (SSSR count). The van der Waals surface area contributed by atoms with Crippen molar-refractivity contribution in [3.8, 4) is 0 Å². The first-order chi connectivity index (χ1) is 15.5. The number of hydrogen-bond acceptors (Lipinski definition) is 6. The third kappa shape index (κ3) is 3.59. The van der Waals surface area contributed by atoms with Gasteiger partial charge in [0.2, 0.25) is 0 Å². The average Bonchev–Trinajstić information content (AvgIpc) is 3.43. The molecule has 32 heavy (non-hydrogen) atoms. The second-order valence-electron chi connectivity index (χ2n) is 8.08. The van der Waals surface area contributed by atoms with E-state index in [-0.39, 0.29) is 17.6 Å². The highest BCUT2D eigenvalue weighted by Crippen LogP contribution is 2.37. The van der Waals surface area contributed by atoms with E-state index in [0.29, 0.717) is 36.3 Å². The summed E-state index contributed by atoms with van der Waals surface area (Å²) in [6.07, 6.45) is 1.68. The summed E-state index contributed by atoms with van der Waals surface area (Å²) >= 11 is 1.43. The van der Waals surface area contributed by atoms with Crippen molar-refractivity contribution < 1.29 is 14.0 Å². The van der Waals surface area contributed by atoms with Gasteiger partial charge in [-0.05, 0) is 25.1 Å². The summed E-state index contributed by atoms with van der Waals surface area (Å²) in [5, 5.41) is 2.58. The molecule has 3 heterocycles. The highest BCUT2D eigenvalue weighted by molar-refractivity contribution is 7.09. The Bertz CT molecular complexity index is 1160. The number of piperazine rings is 1. The van der Waals surface area contributed by atoms with Crippen LogP contribution in [0.15, 0.2) is 54.0 Å². The number of fused-ring (bicyclic) bond motifs is 1. The molecular weight excluding hydrogens is 427 g/mol. The first-order valence-electron chi connectivity index (χ1n) is 10.7. The van der Waals surface area contributed by atoms with Crippen LogP contribution in [0.4, 0.5) is 10.1 Å². The van der Waals surface area contributed by atoms with Crippen molar-refractivity contribution in [3.63, 3.8) is 0 Å². The number of thiazole rings is 1. The van der Waals surface area contributed by atoms with Crippen LogP contribution in [0, 0.1) is 5.82 Å². The van der Waals surface area contributed by atoms with E-state index in [1.165, 1.54) is 22.3 Å². The zero-order valence-electron chi connectivity index (χ0n) is 17.7. The first-order valence-corrected chi connectivity index (χ1v) is 11.5. The second-order valence-corrected chi connectivity index (χ2v) is 9.01. The average molecular weight is 451 g/mol. The van der Waals surface area contributed by atoms with Gasteiger partial charge in [-0.2, -0.15) is 0 Å². The molecule has 1 fully saturated rings. The van der Waals surface area contributed by atoms with E-state index < -0.39 is 6.04 Å². The minimum atomic E-state index is -0.409. The van der Waals surface area contributed by atoms with Gasteiger partial charge in [0.1, 0.15) is 10.8 Å². The standard InChI is InChI=1S/C24H23FN4O2S/c1-16(22-26-9-14-32-22)29-23(30)18-6-4-8-20(21(18)24(29)31)28-12-10-27(11-13-28)15-17-5-2-3-7-19(17)25/h2-9,14,16H,10-13,15H2,1H3/t16-/m1/s1. The molecule has 0 unspecified atom stereocenters. The number of amides is 2. The Balaban J connectivity index is 1.34. The number of halogens is 1. The molecular formula is C24H23FN4O2S. The lowest BCUT2D eigenvalue weighted by Crippen LogP contribution is -2.46. The predicted octanol–water partition coefficient (Wildman–Crippen LogP) is 3.96. The van der Waals surface area contributed by atoms with Crippen molar-refractivity contribution in [3.05, 3.63) is 81.6 Å². The summed E-state index contributed by atoms with van der Waals surface area (Å²) in [4.78, 5) is 36.4. The third-order valence-electron chi connectivity index (χ3n) is 6.19. The SMILES string of the molecule is C[C@H](c1nccs1)N1C(=O)c2cccc(N3CCN(Cc4ccccc4F)CC3)c2C1=O. The van der Waals surface area contributed by atoms with Crippen molar-refractivity contribution in [2.45, 2.75) is 19.5 Å². The zero-order chi connectivity index (χ0) is 22.2. The summed E-state index contributed by atoms with van der Waals surface area (Å²) in [6.45, 7) is 5.30. The molecule has 2 amide bonds. The molecule has 0 spiro atoms. The van der Waals surface area contributed by atoms with Gasteiger partial charge in [-0.1, -0.05) is 24.3 Å². The van der Waals surface area contributed by atoms with Crippen LogP contribution in [0.2, 0.25) is 0 Å². The van der Waals surface area contributed by atoms with E-state index in [1.54, 1.807) is 18.3 Å². The Hall–Kier alpha value is -3.10. The number of imide groups is 1. The molecule has 1 atom stereocenters. The number of rotatable bonds is 5. The van der Waals surface area contributed by atoms with Crippen LogP contribution in [0.5, 0.6) is 0 Å². The Labute approximate surface area is 189 Å². The molecule has 0 radical (unpaired) electrons. The van der Waals surface area contributed by atoms with Gasteiger partial charge in [-0.15, -0.1) is 11.3 Å². The lowest BCUT2D eigenvalue weighted by atomic mass is 10.1. The maximum atomic E-state index is 14.0. The maximum Gasteiger partial charge on any atom is 0.264 e. The monoisotopic (exact) mass is 450 g/mol. The van der Waals surface area contributed by atoms with E-state index in [0.717, 1.165) is 23.8 Å². The van der Waals surface area contributed by atoms with Gasteiger partial charge in [0, 0.05) is 49.9 Å². The normalized spacial score (nSPS) is 17.7. The molecule has 2 aromatic carbocycles. The van der Waals surface area contributed by atoms with Crippen LogP contribution in [-0.2, 0) is 6.54 Å². The fourth-order valence-electron chi connectivity index (χ4n) is 4.47. The fraction of sp³-hybridized carbons (Fsp3) is 0.292. The van der Waals surface area contributed by atoms with Crippen LogP contribution in [0.1, 0.15) is 44.3 Å². The Kier molecular flexibility index (Phi) is 5.48. The largest absolute Gasteiger partial charge is 0.368 e. The number of hydrogen-bond donors (Lipinski definition) is 0. The van der Waals surface area contributed by atoms with E-state index in [1.807, 2.05) is 36.6 Å². The second kappa shape index (κ2) is 8.44. The van der Waals surface area contributed by atoms with Crippen LogP contribution < -0.4 is 4.90 Å². The van der Waals surface area contributed by atoms with Gasteiger partial charge >= 0.3 is 0 Å². The minimum absolute atomic E-state index is 0.186. The van der Waals surface area contributed by atoms with Gasteiger partial charge < -0.3 is 4.90 Å². The van der Waals surface area contributed by atoms with Gasteiger partial charge in [-0.25, -0.2) is 9.37 Å². The Morgan fingerprint density at radius 1 is 1.03 bits per heavy atom. The molecule has 0 N–H and O–H groups in total. The number of aromatic nitrogens is 1. The van der Waals surface area contributed by atoms with Crippen LogP contribution in [0.25, 0.3) is 0 Å². The summed E-state index contributed by atoms with van der Waals surface area (Å²) in [6, 6.07) is 11.9. The van der Waals surface area contributed by atoms with E-state index >= 15 is 0 Å². The van der Waals surface area contributed by atoms with Gasteiger partial charge in [0.15, 0.2) is 0 Å². The van der Waals surface area contributed by atoms with Gasteiger partial charge in [0.05, 0.1) is 22.9 Å². The highest BCUT2D eigenvalue weighted by Gasteiger charge is 2.42. The Morgan fingerprint density at radius 3 is 2.53 bits per heavy atom. The number of carbonyl (C=O) groups is 2. The number of carbonyl (C=O) groups excluding carboxylic acids is 2. The predicted molar refractivity (Wildman–Crippen MR) is 121 cm³/mol. The molecule has 3 aromatic rings. The van der Waals surface area contributed by atoms with Crippen molar-refractivity contribution >= 4 is 28.8 Å². The molecule has 2 aliphatic heterocycles. The molecule has 6 nitrogen and oxygen atoms in total. The lowest BCUT2D eigenvalue weighted by Gasteiger charge is -2.36. The topological polar surface area (TPSA) is 56.8 Å². The summed E-state index contributed by atoms with van der Waals surface area (Å²) in [7, 11) is 0. The summed E-state index contributed by atoms with van der Waals surface area (Å²) in [5.41, 5.74) is 2.41. The number of nitrogens with zero attached hydrogens (tertiary/aromatic N) is 4. The molecule has 8 heteroatoms. The molecule has 164 valence electrons. The summed E-state index contributed by atoms with van der Waals surface area (Å²) < 4.78 is 14.0. The molecule has 0 saturated carbocycles. The number of anilines is 1. The van der Waals surface area contributed by atoms with Crippen molar-refractivity contribution in [2.24, 2.45) is 0 Å². The molecule has 0 aliphatic carbocycles. The Morgan fingerprint density at radius 2 is 1.81 bits per heavy atom. The number of benzene rings is 2. The van der Waals surface area contributed by atoms with Crippen LogP contribution in [0.3, 0.4) is 0 Å². The van der Waals surface area contributed by atoms with Gasteiger partial charge in [0.25, 0.3) is 11.8 Å². The molecule has 2 aliphatic rings. The maximum absolute atomic E-state index is 14.0. The highest BCUT2D eigenvalue weighted by atomic mass is 32.1. The molecule has 0 bridgehead atoms. The van der Waals surface area contributed by atoms with Gasteiger partial charge in [-0.3, -0.25) is 19.4 Å². The van der Waals surface area contributed by atoms with E-state index in [9.17, 15) is 14.0 Å². The van der Waals surface area contributed by atoms with Crippen molar-refractivity contribution in [1.29, 1.82) is 0 Å². The van der Waals surface area contributed by atoms with E-state index in [4.69, 9.17) is 0 Å². The molecule has 1 saturated heterocycles. The third-order valence-corrected chi connectivity index (χ3v) is 7.13. The van der Waals surface area contributed by atoms with Crippen LogP contribution in [-0.4, -0.2) is 52.8 Å². The summed E-state index contributed by atoms with van der Waals surface area (Å²) in [5.74, 6) is -0.723. The van der Waals surface area contributed by atoms with Crippen LogP contribution >= 0.6 is 11.3 Å².